The van der Waals surface area contributed by atoms with E-state index < -0.39 is 120 Å². The summed E-state index contributed by atoms with van der Waals surface area (Å²) >= 11 is 0. The molecule has 0 saturated carbocycles. The monoisotopic (exact) mass is 1390 g/mol. The molecule has 0 atom stereocenters. The first-order valence-corrected chi connectivity index (χ1v) is 36.1. The molecular formula is C99H80BN7. The van der Waals surface area contributed by atoms with Crippen molar-refractivity contribution >= 4 is 101 Å². The van der Waals surface area contributed by atoms with E-state index in [1.165, 1.54) is 0 Å². The molecule has 3 aromatic heterocycles. The molecule has 107 heavy (non-hydrogen) atoms. The third-order valence-electron chi connectivity index (χ3n) is 21.1. The zero-order valence-corrected chi connectivity index (χ0v) is 60.6. The average molecular weight is 1390 g/mol. The first-order chi connectivity index (χ1) is 58.6. The van der Waals surface area contributed by atoms with Crippen molar-refractivity contribution < 1.29 is 21.9 Å². The van der Waals surface area contributed by atoms with E-state index in [1.807, 2.05) is 152 Å². The zero-order valence-electron chi connectivity index (χ0n) is 76.6. The third-order valence-corrected chi connectivity index (χ3v) is 21.1. The van der Waals surface area contributed by atoms with Gasteiger partial charge in [-0.3, -0.25) is 0 Å². The highest BCUT2D eigenvalue weighted by Crippen LogP contribution is 2.56. The van der Waals surface area contributed by atoms with E-state index in [2.05, 4.69) is 145 Å². The molecular weight excluding hydrogens is 1300 g/mol. The Morgan fingerprint density at radius 1 is 0.290 bits per heavy atom. The fraction of sp³-hybridized carbons (Fsp3) is 0.121. The largest absolute Gasteiger partial charge is 0.310 e. The summed E-state index contributed by atoms with van der Waals surface area (Å²) in [6, 6.07) is 66.8. The fourth-order valence-corrected chi connectivity index (χ4v) is 15.7. The zero-order chi connectivity index (χ0) is 86.5. The number of nitrogens with zero attached hydrogens (tertiary/aromatic N) is 7. The lowest BCUT2D eigenvalue weighted by atomic mass is 9.33. The van der Waals surface area contributed by atoms with Crippen LogP contribution in [0.1, 0.15) is 101 Å². The number of fused-ring (bicyclic) bond motifs is 10. The van der Waals surface area contributed by atoms with Crippen molar-refractivity contribution in [1.29, 1.82) is 0 Å². The van der Waals surface area contributed by atoms with E-state index in [9.17, 15) is 16.4 Å². The lowest BCUT2D eigenvalue weighted by molar-refractivity contribution is 0.590. The standard InChI is InChI=1S/C99H80BN7/c1-97(2,3)68-55-77(63-33-15-10-16-34-63)92(78(56-68)64-35-17-11-18-36-64)106-87-61-71(104-83-47-29-25-43-73(83)74-44-26-30-48-84(74)104)51-53-81(87)100-82-54-52-72(105-85-49-31-27-45-75(85)76-46-28-32-50-86(76)105)62-88(82)107(90-60-70(99(7,8)9)59-89(106)91(90)100)93-79(65-37-19-12-20-38-65)57-69(98(4,5)6)58-80(93)96-102-94(66-39-21-13-22-40-66)101-95(103-96)67-41-23-14-24-42-67/h10-62H,1-9H3/i25D,26D,27D,28D,29D,30D,31D,32D,43D,44D,45D,46D,47D,48D,49D,50D. The van der Waals surface area contributed by atoms with Crippen LogP contribution < -0.4 is 26.2 Å². The van der Waals surface area contributed by atoms with E-state index in [0.29, 0.717) is 68.1 Å². The second-order valence-electron chi connectivity index (χ2n) is 30.8. The van der Waals surface area contributed by atoms with Gasteiger partial charge in [-0.2, -0.15) is 0 Å². The molecule has 7 nitrogen and oxygen atoms in total. The molecule has 0 aliphatic carbocycles. The summed E-state index contributed by atoms with van der Waals surface area (Å²) in [6.45, 7) is 18.8. The Labute approximate surface area is 649 Å². The highest BCUT2D eigenvalue weighted by atomic mass is 15.2. The molecule has 17 aromatic rings. The van der Waals surface area contributed by atoms with Crippen molar-refractivity contribution in [3.8, 4) is 78.9 Å². The maximum atomic E-state index is 9.96. The summed E-state index contributed by atoms with van der Waals surface area (Å²) in [4.78, 5) is 21.1. The van der Waals surface area contributed by atoms with Crippen LogP contribution in [0.4, 0.5) is 34.1 Å². The third kappa shape index (κ3) is 10.9. The minimum Gasteiger partial charge on any atom is -0.310 e. The molecule has 0 fully saturated rings. The highest BCUT2D eigenvalue weighted by molar-refractivity contribution is 7.00. The minimum atomic E-state index is -0.830. The highest BCUT2D eigenvalue weighted by Gasteiger charge is 2.47. The van der Waals surface area contributed by atoms with E-state index >= 15 is 0 Å². The lowest BCUT2D eigenvalue weighted by Crippen LogP contribution is -2.61. The molecule has 0 radical (unpaired) electrons. The first kappa shape index (κ1) is 49.9. The van der Waals surface area contributed by atoms with Crippen molar-refractivity contribution in [3.63, 3.8) is 0 Å². The van der Waals surface area contributed by atoms with Crippen LogP contribution >= 0.6 is 0 Å². The molecule has 14 aromatic carbocycles. The van der Waals surface area contributed by atoms with Gasteiger partial charge in [0.25, 0.3) is 6.71 Å². The summed E-state index contributed by atoms with van der Waals surface area (Å²) < 4.78 is 156. The Morgan fingerprint density at radius 3 is 0.916 bits per heavy atom. The predicted octanol–water partition coefficient (Wildman–Crippen LogP) is 24.0. The van der Waals surface area contributed by atoms with E-state index in [4.69, 9.17) is 20.4 Å². The molecule has 0 bridgehead atoms. The summed E-state index contributed by atoms with van der Waals surface area (Å²) in [6.07, 6.45) is 0. The number of rotatable bonds is 10. The molecule has 0 N–H and O–H groups in total. The molecule has 0 unspecified atom stereocenters. The van der Waals surface area contributed by atoms with Gasteiger partial charge in [0.2, 0.25) is 0 Å². The Hall–Kier alpha value is -12.6. The van der Waals surface area contributed by atoms with Crippen LogP contribution in [0.15, 0.2) is 321 Å². The molecule has 8 heteroatoms. The SMILES string of the molecule is [2H]c1c([2H])c([2H])c2c(c1[2H])c1c([2H])c([2H])c([2H])c([2H])c1n2-c1ccc2c(c1)N(c1c(-c3ccccc3)cc(C(C)(C)C)cc1-c1ccccc1)c1cc(C(C)(C)C)cc3c1B2c1ccc(-n2c4c([2H])c([2H])c([2H])c([2H])c4c4c([2H])c([2H])c([2H])c([2H])c42)cc1N3c1c(-c2ccccc2)cc(C(C)(C)C)cc1-c1nc(-c2ccccc2)nc(-c2ccccc2)n1. The number of benzene rings is 14. The van der Waals surface area contributed by atoms with Crippen LogP contribution in [-0.2, 0) is 16.2 Å². The summed E-state index contributed by atoms with van der Waals surface area (Å²) in [5.74, 6) is 1.11. The predicted molar refractivity (Wildman–Crippen MR) is 451 cm³/mol. The van der Waals surface area contributed by atoms with Crippen molar-refractivity contribution in [2.75, 3.05) is 9.80 Å². The topological polar surface area (TPSA) is 55.0 Å². The van der Waals surface area contributed by atoms with Crippen molar-refractivity contribution in [3.05, 3.63) is 338 Å². The quantitative estimate of drug-likeness (QED) is 0.128. The van der Waals surface area contributed by atoms with Crippen LogP contribution in [0.3, 0.4) is 0 Å². The Balaban J connectivity index is 1.05. The van der Waals surface area contributed by atoms with Crippen molar-refractivity contribution in [1.82, 2.24) is 24.1 Å². The summed E-state index contributed by atoms with van der Waals surface area (Å²) in [7, 11) is 0. The molecule has 19 rings (SSSR count). The summed E-state index contributed by atoms with van der Waals surface area (Å²) in [5.41, 5.74) is 14.4. The Bertz CT molecular complexity index is 7120. The maximum Gasteiger partial charge on any atom is 0.252 e. The Kier molecular flexibility index (Phi) is 11.7. The van der Waals surface area contributed by atoms with Crippen LogP contribution in [-0.4, -0.2) is 30.8 Å². The van der Waals surface area contributed by atoms with Crippen LogP contribution in [0.2, 0.25) is 0 Å². The van der Waals surface area contributed by atoms with Crippen LogP contribution in [0, 0.1) is 0 Å². The van der Waals surface area contributed by atoms with Crippen molar-refractivity contribution in [2.45, 2.75) is 78.6 Å². The van der Waals surface area contributed by atoms with Gasteiger partial charge >= 0.3 is 0 Å². The van der Waals surface area contributed by atoms with E-state index in [1.54, 1.807) is 9.13 Å². The van der Waals surface area contributed by atoms with Gasteiger partial charge in [0, 0.05) is 89.0 Å². The molecule has 2 aliphatic rings. The number of para-hydroxylation sites is 4. The van der Waals surface area contributed by atoms with E-state index in [-0.39, 0.29) is 49.3 Å². The second-order valence-corrected chi connectivity index (χ2v) is 30.8. The number of hydrogen-bond donors (Lipinski definition) is 0. The van der Waals surface area contributed by atoms with Crippen LogP contribution in [0.5, 0.6) is 0 Å². The first-order valence-electron chi connectivity index (χ1n) is 44.1. The molecule has 0 spiro atoms. The second kappa shape index (κ2) is 25.0. The van der Waals surface area contributed by atoms with Gasteiger partial charge in [-0.05, 0) is 151 Å². The van der Waals surface area contributed by atoms with Crippen molar-refractivity contribution in [2.24, 2.45) is 0 Å². The molecule has 2 aliphatic heterocycles. The number of hydrogen-bond acceptors (Lipinski definition) is 5. The van der Waals surface area contributed by atoms with E-state index in [0.717, 1.165) is 72.3 Å². The van der Waals surface area contributed by atoms with Gasteiger partial charge in [-0.15, -0.1) is 0 Å². The number of anilines is 6. The average Bonchev–Trinajstić information content (AvgIpc) is 1.32. The van der Waals surface area contributed by atoms with Gasteiger partial charge < -0.3 is 18.9 Å². The summed E-state index contributed by atoms with van der Waals surface area (Å²) in [5, 5.41) is -0.365. The fourth-order valence-electron chi connectivity index (χ4n) is 15.7. The normalized spacial score (nSPS) is 14.9. The molecule has 0 saturated heterocycles. The minimum absolute atomic E-state index is 0.0640. The molecule has 0 amide bonds. The van der Waals surface area contributed by atoms with Gasteiger partial charge in [-0.1, -0.05) is 299 Å². The lowest BCUT2D eigenvalue weighted by Gasteiger charge is -2.46. The van der Waals surface area contributed by atoms with Gasteiger partial charge in [0.1, 0.15) is 0 Å². The number of aromatic nitrogens is 5. The smallest absolute Gasteiger partial charge is 0.252 e. The van der Waals surface area contributed by atoms with Gasteiger partial charge in [0.15, 0.2) is 17.5 Å². The van der Waals surface area contributed by atoms with Crippen LogP contribution in [0.25, 0.3) is 123 Å². The molecule has 5 heterocycles. The Morgan fingerprint density at radius 2 is 0.579 bits per heavy atom. The van der Waals surface area contributed by atoms with Gasteiger partial charge in [-0.25, -0.2) is 15.0 Å². The molecule has 514 valence electrons. The maximum absolute atomic E-state index is 9.96. The van der Waals surface area contributed by atoms with Gasteiger partial charge in [0.05, 0.1) is 55.4 Å².